The van der Waals surface area contributed by atoms with Crippen molar-refractivity contribution in [3.63, 3.8) is 0 Å². The number of ether oxygens (including phenoxy) is 1. The number of hydrogen-bond donors (Lipinski definition) is 0. The topological polar surface area (TPSA) is 66.9 Å². The van der Waals surface area contributed by atoms with Crippen LogP contribution >= 0.6 is 0 Å². The lowest BCUT2D eigenvalue weighted by Gasteiger charge is -2.31. The Morgan fingerprint density at radius 1 is 1.07 bits per heavy atom. The fourth-order valence-corrected chi connectivity index (χ4v) is 4.53. The summed E-state index contributed by atoms with van der Waals surface area (Å²) < 4.78 is 33.2. The van der Waals surface area contributed by atoms with Crippen molar-refractivity contribution < 1.29 is 17.9 Å². The molecule has 27 heavy (non-hydrogen) atoms. The fraction of sp³-hybridized carbons (Fsp3) is 0.350. The van der Waals surface area contributed by atoms with Crippen LogP contribution in [0.1, 0.15) is 11.1 Å². The van der Waals surface area contributed by atoms with Crippen molar-refractivity contribution in [1.82, 2.24) is 4.90 Å². The summed E-state index contributed by atoms with van der Waals surface area (Å²) in [5.74, 6) is -0.223. The molecule has 0 atom stereocenters. The summed E-state index contributed by atoms with van der Waals surface area (Å²) in [6.07, 6.45) is 0. The summed E-state index contributed by atoms with van der Waals surface area (Å²) in [6, 6.07) is 13.8. The van der Waals surface area contributed by atoms with Crippen molar-refractivity contribution in [2.24, 2.45) is 0 Å². The van der Waals surface area contributed by atoms with Gasteiger partial charge in [-0.15, -0.1) is 0 Å². The number of nitrogens with zero attached hydrogens (tertiary/aromatic N) is 2. The second kappa shape index (κ2) is 8.10. The van der Waals surface area contributed by atoms with Crippen molar-refractivity contribution >= 4 is 21.6 Å². The Morgan fingerprint density at radius 3 is 2.41 bits per heavy atom. The molecule has 1 aliphatic rings. The van der Waals surface area contributed by atoms with Crippen LogP contribution < -0.4 is 4.31 Å². The molecule has 2 aromatic rings. The summed E-state index contributed by atoms with van der Waals surface area (Å²) >= 11 is 0. The van der Waals surface area contributed by atoms with Crippen LogP contribution in [0.15, 0.2) is 53.4 Å². The number of carbonyl (C=O) groups is 1. The average molecular weight is 388 g/mol. The maximum absolute atomic E-state index is 13.3. The van der Waals surface area contributed by atoms with E-state index < -0.39 is 10.0 Å². The Kier molecular flexibility index (Phi) is 5.82. The standard InChI is InChI=1S/C20H24N2O4S/c1-16-8-9-17(2)19(14-16)22(15-20(23)21-10-12-26-13-11-21)27(24,25)18-6-4-3-5-7-18/h3-9,14H,10-13,15H2,1-2H3. The minimum absolute atomic E-state index is 0.167. The van der Waals surface area contributed by atoms with E-state index in [-0.39, 0.29) is 17.3 Å². The van der Waals surface area contributed by atoms with E-state index in [9.17, 15) is 13.2 Å². The molecule has 2 aromatic carbocycles. The highest BCUT2D eigenvalue weighted by Crippen LogP contribution is 2.28. The molecule has 0 N–H and O–H groups in total. The molecule has 3 rings (SSSR count). The Balaban J connectivity index is 2.01. The molecular formula is C20H24N2O4S. The molecule has 144 valence electrons. The summed E-state index contributed by atoms with van der Waals surface area (Å²) in [4.78, 5) is 14.6. The molecule has 1 heterocycles. The van der Waals surface area contributed by atoms with Gasteiger partial charge in [-0.2, -0.15) is 0 Å². The number of benzene rings is 2. The summed E-state index contributed by atoms with van der Waals surface area (Å²) in [6.45, 7) is 5.42. The van der Waals surface area contributed by atoms with Gasteiger partial charge in [-0.25, -0.2) is 8.42 Å². The first kappa shape index (κ1) is 19.4. The van der Waals surface area contributed by atoms with Gasteiger partial charge in [0.15, 0.2) is 0 Å². The molecule has 0 unspecified atom stereocenters. The SMILES string of the molecule is Cc1ccc(C)c(N(CC(=O)N2CCOCC2)S(=O)(=O)c2ccccc2)c1. The zero-order valence-corrected chi connectivity index (χ0v) is 16.4. The molecule has 0 radical (unpaired) electrons. The molecule has 0 saturated carbocycles. The third-order valence-corrected chi connectivity index (χ3v) is 6.38. The largest absolute Gasteiger partial charge is 0.378 e. The van der Waals surface area contributed by atoms with Crippen LogP contribution in [0.5, 0.6) is 0 Å². The van der Waals surface area contributed by atoms with E-state index in [1.165, 1.54) is 4.31 Å². The molecule has 0 aliphatic carbocycles. The second-order valence-electron chi connectivity index (χ2n) is 6.61. The predicted molar refractivity (Wildman–Crippen MR) is 104 cm³/mol. The number of morpholine rings is 1. The van der Waals surface area contributed by atoms with E-state index in [1.807, 2.05) is 32.0 Å². The van der Waals surface area contributed by atoms with Gasteiger partial charge in [0, 0.05) is 13.1 Å². The number of hydrogen-bond acceptors (Lipinski definition) is 4. The first-order valence-corrected chi connectivity index (χ1v) is 10.3. The van der Waals surface area contributed by atoms with Gasteiger partial charge in [0.25, 0.3) is 10.0 Å². The van der Waals surface area contributed by atoms with Crippen LogP contribution in [0.3, 0.4) is 0 Å². The molecule has 0 bridgehead atoms. The highest BCUT2D eigenvalue weighted by atomic mass is 32.2. The van der Waals surface area contributed by atoms with Crippen LogP contribution in [0.4, 0.5) is 5.69 Å². The lowest BCUT2D eigenvalue weighted by Crippen LogP contribution is -2.47. The van der Waals surface area contributed by atoms with Gasteiger partial charge in [-0.05, 0) is 43.2 Å². The molecule has 1 saturated heterocycles. The highest BCUT2D eigenvalue weighted by Gasteiger charge is 2.30. The summed E-state index contributed by atoms with van der Waals surface area (Å²) in [7, 11) is -3.87. The van der Waals surface area contributed by atoms with E-state index >= 15 is 0 Å². The summed E-state index contributed by atoms with van der Waals surface area (Å²) in [5.41, 5.74) is 2.26. The van der Waals surface area contributed by atoms with Gasteiger partial charge in [0.05, 0.1) is 23.8 Å². The van der Waals surface area contributed by atoms with Crippen molar-refractivity contribution in [1.29, 1.82) is 0 Å². The Labute approximate surface area is 160 Å². The lowest BCUT2D eigenvalue weighted by molar-refractivity contribution is -0.133. The van der Waals surface area contributed by atoms with Gasteiger partial charge in [-0.3, -0.25) is 9.10 Å². The first-order valence-electron chi connectivity index (χ1n) is 8.90. The van der Waals surface area contributed by atoms with Crippen LogP contribution in [0.2, 0.25) is 0 Å². The highest BCUT2D eigenvalue weighted by molar-refractivity contribution is 7.92. The molecule has 0 spiro atoms. The van der Waals surface area contributed by atoms with E-state index in [0.717, 1.165) is 11.1 Å². The van der Waals surface area contributed by atoms with Crippen molar-refractivity contribution in [3.05, 3.63) is 59.7 Å². The van der Waals surface area contributed by atoms with E-state index in [4.69, 9.17) is 4.74 Å². The van der Waals surface area contributed by atoms with Crippen LogP contribution in [0, 0.1) is 13.8 Å². The smallest absolute Gasteiger partial charge is 0.264 e. The number of sulfonamides is 1. The van der Waals surface area contributed by atoms with Crippen molar-refractivity contribution in [3.8, 4) is 0 Å². The van der Waals surface area contributed by atoms with Crippen LogP contribution in [-0.2, 0) is 19.6 Å². The number of amides is 1. The molecule has 1 aliphatic heterocycles. The maximum Gasteiger partial charge on any atom is 0.264 e. The Bertz CT molecular complexity index is 907. The summed E-state index contributed by atoms with van der Waals surface area (Å²) in [5, 5.41) is 0. The zero-order chi connectivity index (χ0) is 19.4. The maximum atomic E-state index is 13.3. The van der Waals surface area contributed by atoms with Gasteiger partial charge >= 0.3 is 0 Å². The van der Waals surface area contributed by atoms with Gasteiger partial charge in [-0.1, -0.05) is 30.3 Å². The van der Waals surface area contributed by atoms with Crippen molar-refractivity contribution in [2.45, 2.75) is 18.7 Å². The quantitative estimate of drug-likeness (QED) is 0.789. The van der Waals surface area contributed by atoms with Gasteiger partial charge < -0.3 is 9.64 Å². The molecule has 7 heteroatoms. The molecule has 1 fully saturated rings. The predicted octanol–water partition coefficient (Wildman–Crippen LogP) is 2.36. The monoisotopic (exact) mass is 388 g/mol. The molecule has 0 aromatic heterocycles. The normalized spacial score (nSPS) is 14.8. The van der Waals surface area contributed by atoms with Gasteiger partial charge in [0.2, 0.25) is 5.91 Å². The molecular weight excluding hydrogens is 364 g/mol. The van der Waals surface area contributed by atoms with E-state index in [2.05, 4.69) is 0 Å². The minimum Gasteiger partial charge on any atom is -0.378 e. The number of carbonyl (C=O) groups excluding carboxylic acids is 1. The first-order chi connectivity index (χ1) is 12.9. The lowest BCUT2D eigenvalue weighted by atomic mass is 10.1. The average Bonchev–Trinajstić information content (AvgIpc) is 2.69. The Hall–Kier alpha value is -2.38. The number of aryl methyl sites for hydroxylation is 2. The van der Waals surface area contributed by atoms with Crippen LogP contribution in [-0.4, -0.2) is 52.1 Å². The third kappa shape index (κ3) is 4.31. The van der Waals surface area contributed by atoms with Gasteiger partial charge in [0.1, 0.15) is 6.54 Å². The van der Waals surface area contributed by atoms with E-state index in [1.54, 1.807) is 35.2 Å². The second-order valence-corrected chi connectivity index (χ2v) is 8.47. The van der Waals surface area contributed by atoms with E-state index in [0.29, 0.717) is 32.0 Å². The Morgan fingerprint density at radius 2 is 1.74 bits per heavy atom. The number of anilines is 1. The minimum atomic E-state index is -3.87. The molecule has 6 nitrogen and oxygen atoms in total. The molecule has 1 amide bonds. The van der Waals surface area contributed by atoms with Crippen molar-refractivity contribution in [2.75, 3.05) is 37.2 Å². The third-order valence-electron chi connectivity index (χ3n) is 4.61. The number of rotatable bonds is 5. The van der Waals surface area contributed by atoms with Crippen LogP contribution in [0.25, 0.3) is 0 Å². The fourth-order valence-electron chi connectivity index (χ4n) is 3.04. The zero-order valence-electron chi connectivity index (χ0n) is 15.6.